The largest absolute Gasteiger partial charge is 1.00 e. The van der Waals surface area contributed by atoms with Crippen LogP contribution in [0.4, 0.5) is 0 Å². The maximum Gasteiger partial charge on any atom is 1.00 e. The van der Waals surface area contributed by atoms with Gasteiger partial charge in [-0.3, -0.25) is 4.79 Å². The second-order valence-electron chi connectivity index (χ2n) is 3.35. The molecule has 0 aromatic carbocycles. The number of carbonyl (C=O) groups excluding carboxylic acids is 1. The van der Waals surface area contributed by atoms with E-state index in [1.165, 1.54) is 18.3 Å². The summed E-state index contributed by atoms with van der Waals surface area (Å²) in [5.74, 6) is -0.726. The van der Waals surface area contributed by atoms with E-state index in [4.69, 9.17) is 0 Å². The molecule has 1 saturated heterocycles. The third-order valence-electron chi connectivity index (χ3n) is 2.33. The van der Waals surface area contributed by atoms with Crippen molar-refractivity contribution in [3.05, 3.63) is 28.0 Å². The molecule has 0 unspecified atom stereocenters. The fourth-order valence-electron chi connectivity index (χ4n) is 1.55. The van der Waals surface area contributed by atoms with Crippen LogP contribution in [0.1, 0.15) is 11.8 Å². The Morgan fingerprint density at radius 2 is 2.18 bits per heavy atom. The summed E-state index contributed by atoms with van der Waals surface area (Å²) >= 11 is 1.44. The van der Waals surface area contributed by atoms with Gasteiger partial charge in [0.15, 0.2) is 10.3 Å². The Labute approximate surface area is 146 Å². The number of rotatable bonds is 2. The summed E-state index contributed by atoms with van der Waals surface area (Å²) in [5, 5.41) is 1.85. The van der Waals surface area contributed by atoms with Crippen LogP contribution < -0.4 is 51.4 Å². The molecule has 2 heterocycles. The molecule has 1 aromatic heterocycles. The Morgan fingerprint density at radius 3 is 2.59 bits per heavy atom. The fourth-order valence-corrected chi connectivity index (χ4v) is 3.02. The van der Waals surface area contributed by atoms with Crippen LogP contribution in [0, 0.1) is 0 Å². The number of nitrogens with zero attached hydrogens (tertiary/aromatic N) is 1. The minimum atomic E-state index is -4.68. The van der Waals surface area contributed by atoms with Gasteiger partial charge in [-0.05, 0) is 24.4 Å². The summed E-state index contributed by atoms with van der Waals surface area (Å²) in [5.41, 5.74) is 0.349. The first-order valence-corrected chi connectivity index (χ1v) is 6.70. The second-order valence-corrected chi connectivity index (χ2v) is 5.58. The molecule has 1 aromatic rings. The van der Waals surface area contributed by atoms with Gasteiger partial charge in [0, 0.05) is 10.5 Å². The topological polar surface area (TPSA) is 77.5 Å². The monoisotopic (exact) mass is 297 g/mol. The summed E-state index contributed by atoms with van der Waals surface area (Å²) in [7, 11) is -4.68. The molecular weight excluding hydrogens is 289 g/mol. The van der Waals surface area contributed by atoms with E-state index in [-0.39, 0.29) is 51.4 Å². The molecule has 8 heteroatoms. The van der Waals surface area contributed by atoms with Crippen molar-refractivity contribution in [2.24, 2.45) is 0 Å². The van der Waals surface area contributed by atoms with E-state index in [1.54, 1.807) is 6.08 Å². The summed E-state index contributed by atoms with van der Waals surface area (Å²) in [4.78, 5) is 12.3. The summed E-state index contributed by atoms with van der Waals surface area (Å²) in [6.07, 6.45) is 1.61. The predicted molar refractivity (Wildman–Crippen MR) is 58.3 cm³/mol. The molecular formula is C9H8KNO4S2. The average molecular weight is 297 g/mol. The third-order valence-corrected chi connectivity index (χ3v) is 4.11. The van der Waals surface area contributed by atoms with Crippen LogP contribution in [0.3, 0.4) is 0 Å². The number of thiophene rings is 1. The SMILES string of the molecule is C[C@H]1/C(=C/c2cccs2)C(=O)N1S(=O)(=O)[O-].[K+]. The molecule has 0 saturated carbocycles. The van der Waals surface area contributed by atoms with Crippen LogP contribution in [0.2, 0.25) is 0 Å². The van der Waals surface area contributed by atoms with Crippen molar-refractivity contribution < 1.29 is 69.1 Å². The molecule has 5 nitrogen and oxygen atoms in total. The molecule has 1 fully saturated rings. The van der Waals surface area contributed by atoms with Crippen molar-refractivity contribution in [1.82, 2.24) is 4.31 Å². The molecule has 1 aliphatic rings. The summed E-state index contributed by atoms with van der Waals surface area (Å²) < 4.78 is 32.5. The van der Waals surface area contributed by atoms with E-state index in [9.17, 15) is 17.8 Å². The number of hydrogen-bond donors (Lipinski definition) is 0. The normalized spacial score (nSPS) is 22.2. The number of carbonyl (C=O) groups is 1. The molecule has 0 bridgehead atoms. The first kappa shape index (κ1) is 15.5. The van der Waals surface area contributed by atoms with E-state index >= 15 is 0 Å². The van der Waals surface area contributed by atoms with Gasteiger partial charge in [0.25, 0.3) is 5.91 Å². The van der Waals surface area contributed by atoms with Gasteiger partial charge >= 0.3 is 51.4 Å². The molecule has 0 aliphatic carbocycles. The van der Waals surface area contributed by atoms with Gasteiger partial charge < -0.3 is 4.55 Å². The van der Waals surface area contributed by atoms with Crippen LogP contribution in [0.5, 0.6) is 0 Å². The minimum absolute atomic E-state index is 0. The molecule has 86 valence electrons. The Hall–Kier alpha value is 0.456. The Morgan fingerprint density at radius 1 is 1.53 bits per heavy atom. The zero-order valence-corrected chi connectivity index (χ0v) is 14.0. The van der Waals surface area contributed by atoms with Gasteiger partial charge in [-0.1, -0.05) is 6.07 Å². The fraction of sp³-hybridized carbons (Fsp3) is 0.222. The standard InChI is InChI=1S/C9H9NO4S2.K/c1-6-8(5-7-3-2-4-15-7)9(11)10(6)16(12,13)14;/h2-6H,1H3,(H,12,13,14);/q;+1/p-1/b8-5-;/t6-;/m0./s1. The molecule has 1 aliphatic heterocycles. The molecule has 0 radical (unpaired) electrons. The van der Waals surface area contributed by atoms with Gasteiger partial charge in [-0.2, -0.15) is 0 Å². The molecule has 17 heavy (non-hydrogen) atoms. The Bertz CT molecular complexity index is 550. The van der Waals surface area contributed by atoms with E-state index < -0.39 is 22.3 Å². The van der Waals surface area contributed by atoms with Crippen LogP contribution >= 0.6 is 11.3 Å². The Balaban J connectivity index is 0.00000144. The van der Waals surface area contributed by atoms with Gasteiger partial charge in [-0.15, -0.1) is 11.3 Å². The molecule has 0 N–H and O–H groups in total. The van der Waals surface area contributed by atoms with Gasteiger partial charge in [-0.25, -0.2) is 12.7 Å². The van der Waals surface area contributed by atoms with Crippen LogP contribution in [-0.4, -0.2) is 29.2 Å². The van der Waals surface area contributed by atoms with Gasteiger partial charge in [0.05, 0.1) is 6.04 Å². The molecule has 1 amide bonds. The van der Waals surface area contributed by atoms with Gasteiger partial charge in [0.2, 0.25) is 0 Å². The van der Waals surface area contributed by atoms with Crippen molar-refractivity contribution in [2.75, 3.05) is 0 Å². The Kier molecular flexibility index (Phi) is 5.13. The third kappa shape index (κ3) is 3.07. The summed E-state index contributed by atoms with van der Waals surface area (Å²) in [6, 6.07) is 2.97. The average Bonchev–Trinajstić information content (AvgIpc) is 2.64. The number of amides is 1. The first-order valence-electron chi connectivity index (χ1n) is 4.46. The number of hydrogen-bond acceptors (Lipinski definition) is 5. The van der Waals surface area contributed by atoms with Crippen molar-refractivity contribution in [3.63, 3.8) is 0 Å². The van der Waals surface area contributed by atoms with Crippen LogP contribution in [0.15, 0.2) is 23.1 Å². The van der Waals surface area contributed by atoms with E-state index in [2.05, 4.69) is 0 Å². The van der Waals surface area contributed by atoms with E-state index in [0.717, 1.165) is 4.88 Å². The van der Waals surface area contributed by atoms with Crippen LogP contribution in [-0.2, 0) is 15.1 Å². The van der Waals surface area contributed by atoms with E-state index in [0.29, 0.717) is 9.88 Å². The van der Waals surface area contributed by atoms with Crippen molar-refractivity contribution in [3.8, 4) is 0 Å². The zero-order chi connectivity index (χ0) is 11.9. The first-order chi connectivity index (χ1) is 7.41. The predicted octanol–water partition coefficient (Wildman–Crippen LogP) is -2.17. The summed E-state index contributed by atoms with van der Waals surface area (Å²) in [6.45, 7) is 1.51. The molecule has 1 atom stereocenters. The second kappa shape index (κ2) is 5.62. The van der Waals surface area contributed by atoms with Crippen molar-refractivity contribution in [2.45, 2.75) is 13.0 Å². The van der Waals surface area contributed by atoms with Crippen molar-refractivity contribution >= 4 is 33.6 Å². The molecule has 0 spiro atoms. The van der Waals surface area contributed by atoms with Crippen LogP contribution in [0.25, 0.3) is 6.08 Å². The molecule has 2 rings (SSSR count). The maximum atomic E-state index is 11.4. The smallest absolute Gasteiger partial charge is 0.731 e. The van der Waals surface area contributed by atoms with Gasteiger partial charge in [0.1, 0.15) is 0 Å². The van der Waals surface area contributed by atoms with E-state index in [1.807, 2.05) is 17.5 Å². The quantitative estimate of drug-likeness (QED) is 0.269. The maximum absolute atomic E-state index is 11.4. The number of β-lactam (4-membered cyclic amide) rings is 1. The van der Waals surface area contributed by atoms with Crippen molar-refractivity contribution in [1.29, 1.82) is 0 Å². The minimum Gasteiger partial charge on any atom is -0.731 e. The zero-order valence-electron chi connectivity index (χ0n) is 9.28.